The van der Waals surface area contributed by atoms with Crippen LogP contribution in [0.1, 0.15) is 33.6 Å². The highest BCUT2D eigenvalue weighted by atomic mass is 16.4. The van der Waals surface area contributed by atoms with E-state index < -0.39 is 16.7 Å². The standard InChI is InChI=1S/C17H20N4O3/c1-16(2,3)12(22)14(23)21-9-17(4,10-21)15-20-19-13(24-15)11-6-5-7-18-8-11/h5-8H,9-10H2,1-4H3. The molecule has 0 bridgehead atoms. The summed E-state index contributed by atoms with van der Waals surface area (Å²) in [5.41, 5.74) is -0.363. The van der Waals surface area contributed by atoms with E-state index in [1.807, 2.05) is 13.0 Å². The lowest BCUT2D eigenvalue weighted by Gasteiger charge is -2.45. The molecule has 0 saturated carbocycles. The van der Waals surface area contributed by atoms with Crippen molar-refractivity contribution in [3.8, 4) is 11.5 Å². The van der Waals surface area contributed by atoms with E-state index >= 15 is 0 Å². The lowest BCUT2D eigenvalue weighted by molar-refractivity contribution is -0.153. The maximum absolute atomic E-state index is 12.2. The van der Waals surface area contributed by atoms with Gasteiger partial charge in [0, 0.05) is 30.9 Å². The number of pyridine rings is 1. The van der Waals surface area contributed by atoms with E-state index in [2.05, 4.69) is 15.2 Å². The van der Waals surface area contributed by atoms with Crippen LogP contribution in [0.4, 0.5) is 0 Å². The predicted octanol–water partition coefficient (Wildman–Crippen LogP) is 1.85. The van der Waals surface area contributed by atoms with Crippen molar-refractivity contribution in [3.63, 3.8) is 0 Å². The number of aromatic nitrogens is 3. The van der Waals surface area contributed by atoms with Crippen LogP contribution in [0.5, 0.6) is 0 Å². The average Bonchev–Trinajstić information content (AvgIpc) is 3.01. The molecule has 1 fully saturated rings. The van der Waals surface area contributed by atoms with Gasteiger partial charge in [-0.2, -0.15) is 0 Å². The summed E-state index contributed by atoms with van der Waals surface area (Å²) >= 11 is 0. The molecule has 3 heterocycles. The highest BCUT2D eigenvalue weighted by Gasteiger charge is 2.49. The maximum atomic E-state index is 12.2. The quantitative estimate of drug-likeness (QED) is 0.799. The Morgan fingerprint density at radius 1 is 1.25 bits per heavy atom. The van der Waals surface area contributed by atoms with E-state index in [0.717, 1.165) is 5.56 Å². The van der Waals surface area contributed by atoms with Crippen molar-refractivity contribution in [2.24, 2.45) is 5.41 Å². The van der Waals surface area contributed by atoms with E-state index in [9.17, 15) is 9.59 Å². The van der Waals surface area contributed by atoms with Gasteiger partial charge < -0.3 is 9.32 Å². The van der Waals surface area contributed by atoms with Crippen LogP contribution in [0, 0.1) is 5.41 Å². The fourth-order valence-electron chi connectivity index (χ4n) is 2.61. The molecule has 0 aromatic carbocycles. The minimum absolute atomic E-state index is 0.383. The van der Waals surface area contributed by atoms with E-state index in [0.29, 0.717) is 24.9 Å². The summed E-state index contributed by atoms with van der Waals surface area (Å²) in [5.74, 6) is 0.0292. The number of hydrogen-bond donors (Lipinski definition) is 0. The number of Topliss-reactive ketones (excluding diaryl/α,β-unsaturated/α-hetero) is 1. The number of likely N-dealkylation sites (tertiary alicyclic amines) is 1. The third kappa shape index (κ3) is 2.81. The maximum Gasteiger partial charge on any atom is 0.290 e. The van der Waals surface area contributed by atoms with Gasteiger partial charge in [-0.25, -0.2) is 0 Å². The Morgan fingerprint density at radius 2 is 1.96 bits per heavy atom. The lowest BCUT2D eigenvalue weighted by Crippen LogP contribution is -2.62. The molecule has 126 valence electrons. The first-order valence-corrected chi connectivity index (χ1v) is 7.79. The molecule has 1 aliphatic heterocycles. The summed E-state index contributed by atoms with van der Waals surface area (Å²) in [6.45, 7) is 7.95. The molecule has 1 aliphatic rings. The summed E-state index contributed by atoms with van der Waals surface area (Å²) in [5, 5.41) is 8.16. The predicted molar refractivity (Wildman–Crippen MR) is 85.9 cm³/mol. The molecule has 7 heteroatoms. The first kappa shape index (κ1) is 16.3. The minimum Gasteiger partial charge on any atom is -0.420 e. The second kappa shape index (κ2) is 5.51. The first-order valence-electron chi connectivity index (χ1n) is 7.79. The second-order valence-electron chi connectivity index (χ2n) is 7.46. The van der Waals surface area contributed by atoms with Crippen molar-refractivity contribution in [1.29, 1.82) is 0 Å². The Bertz CT molecular complexity index is 771. The van der Waals surface area contributed by atoms with Crippen LogP contribution in [0.15, 0.2) is 28.9 Å². The zero-order valence-electron chi connectivity index (χ0n) is 14.2. The van der Waals surface area contributed by atoms with Gasteiger partial charge in [0.05, 0.1) is 11.0 Å². The average molecular weight is 328 g/mol. The van der Waals surface area contributed by atoms with Crippen molar-refractivity contribution >= 4 is 11.7 Å². The number of nitrogens with zero attached hydrogens (tertiary/aromatic N) is 4. The summed E-state index contributed by atoms with van der Waals surface area (Å²) in [6.07, 6.45) is 3.32. The summed E-state index contributed by atoms with van der Waals surface area (Å²) < 4.78 is 5.75. The molecule has 3 rings (SSSR count). The van der Waals surface area contributed by atoms with Crippen LogP contribution in [-0.2, 0) is 15.0 Å². The largest absolute Gasteiger partial charge is 0.420 e. The molecule has 7 nitrogen and oxygen atoms in total. The van der Waals surface area contributed by atoms with Gasteiger partial charge in [-0.15, -0.1) is 10.2 Å². The van der Waals surface area contributed by atoms with Gasteiger partial charge in [-0.3, -0.25) is 14.6 Å². The van der Waals surface area contributed by atoms with Gasteiger partial charge in [0.1, 0.15) is 0 Å². The molecule has 1 saturated heterocycles. The van der Waals surface area contributed by atoms with Crippen molar-refractivity contribution in [1.82, 2.24) is 20.1 Å². The third-order valence-electron chi connectivity index (χ3n) is 4.09. The van der Waals surface area contributed by atoms with Gasteiger partial charge in [-0.05, 0) is 19.1 Å². The Hall–Kier alpha value is -2.57. The highest BCUT2D eigenvalue weighted by molar-refractivity contribution is 6.38. The number of amides is 1. The molecule has 0 N–H and O–H groups in total. The van der Waals surface area contributed by atoms with Crippen molar-refractivity contribution in [2.75, 3.05) is 13.1 Å². The molecule has 1 amide bonds. The minimum atomic E-state index is -0.680. The number of rotatable bonds is 3. The number of ketones is 1. The number of carbonyl (C=O) groups is 2. The zero-order valence-corrected chi connectivity index (χ0v) is 14.2. The van der Waals surface area contributed by atoms with E-state index in [1.54, 1.807) is 39.2 Å². The van der Waals surface area contributed by atoms with Crippen LogP contribution in [-0.4, -0.2) is 44.9 Å². The molecule has 2 aromatic heterocycles. The summed E-state index contributed by atoms with van der Waals surface area (Å²) in [7, 11) is 0. The number of hydrogen-bond acceptors (Lipinski definition) is 6. The molecule has 0 radical (unpaired) electrons. The van der Waals surface area contributed by atoms with Gasteiger partial charge in [0.2, 0.25) is 17.6 Å². The first-order chi connectivity index (χ1) is 11.2. The van der Waals surface area contributed by atoms with Crippen molar-refractivity contribution in [2.45, 2.75) is 33.1 Å². The molecule has 24 heavy (non-hydrogen) atoms. The SMILES string of the molecule is CC(C)(C)C(=O)C(=O)N1CC(C)(c2nnc(-c3cccnc3)o2)C1. The third-order valence-corrected chi connectivity index (χ3v) is 4.09. The molecular formula is C17H20N4O3. The fraction of sp³-hybridized carbons (Fsp3) is 0.471. The van der Waals surface area contributed by atoms with Crippen LogP contribution in [0.3, 0.4) is 0 Å². The molecule has 0 spiro atoms. The van der Waals surface area contributed by atoms with Crippen molar-refractivity contribution in [3.05, 3.63) is 30.4 Å². The second-order valence-corrected chi connectivity index (χ2v) is 7.46. The molecular weight excluding hydrogens is 308 g/mol. The Morgan fingerprint density at radius 3 is 2.54 bits per heavy atom. The molecule has 0 atom stereocenters. The van der Waals surface area contributed by atoms with Gasteiger partial charge in [0.15, 0.2) is 0 Å². The van der Waals surface area contributed by atoms with E-state index in [-0.39, 0.29) is 5.78 Å². The van der Waals surface area contributed by atoms with Crippen LogP contribution in [0.2, 0.25) is 0 Å². The molecule has 2 aromatic rings. The summed E-state index contributed by atoms with van der Waals surface area (Å²) in [4.78, 5) is 29.9. The zero-order chi connectivity index (χ0) is 17.5. The Balaban J connectivity index is 1.71. The van der Waals surface area contributed by atoms with Gasteiger partial charge >= 0.3 is 0 Å². The Labute approximate surface area is 140 Å². The van der Waals surface area contributed by atoms with E-state index in [4.69, 9.17) is 4.42 Å². The van der Waals surface area contributed by atoms with Gasteiger partial charge in [-0.1, -0.05) is 20.8 Å². The van der Waals surface area contributed by atoms with Crippen molar-refractivity contribution < 1.29 is 14.0 Å². The lowest BCUT2D eigenvalue weighted by atomic mass is 9.80. The molecule has 0 unspecified atom stereocenters. The fourth-order valence-corrected chi connectivity index (χ4v) is 2.61. The van der Waals surface area contributed by atoms with Gasteiger partial charge in [0.25, 0.3) is 5.91 Å². The van der Waals surface area contributed by atoms with Crippen LogP contribution < -0.4 is 0 Å². The summed E-state index contributed by atoms with van der Waals surface area (Å²) in [6, 6.07) is 3.63. The normalized spacial score (nSPS) is 16.6. The monoisotopic (exact) mass is 328 g/mol. The Kier molecular flexibility index (Phi) is 3.74. The smallest absolute Gasteiger partial charge is 0.290 e. The topological polar surface area (TPSA) is 89.2 Å². The molecule has 0 aliphatic carbocycles. The highest BCUT2D eigenvalue weighted by Crippen LogP contribution is 2.35. The van der Waals surface area contributed by atoms with Crippen LogP contribution in [0.25, 0.3) is 11.5 Å². The number of carbonyl (C=O) groups excluding carboxylic acids is 2. The van der Waals surface area contributed by atoms with E-state index in [1.165, 1.54) is 4.90 Å². The van der Waals surface area contributed by atoms with Crippen LogP contribution >= 0.6 is 0 Å².